The molecule has 1 amide bonds. The van der Waals surface area contributed by atoms with Gasteiger partial charge in [0.2, 0.25) is 12.7 Å². The topological polar surface area (TPSA) is 65.4 Å². The van der Waals surface area contributed by atoms with Gasteiger partial charge in [0, 0.05) is 29.9 Å². The summed E-state index contributed by atoms with van der Waals surface area (Å²) >= 11 is 0. The van der Waals surface area contributed by atoms with Crippen molar-refractivity contribution in [1.29, 1.82) is 0 Å². The number of carbonyl (C=O) groups is 1. The summed E-state index contributed by atoms with van der Waals surface area (Å²) < 4.78 is 12.6. The normalized spacial score (nSPS) is 12.1. The highest BCUT2D eigenvalue weighted by atomic mass is 16.7. The fraction of sp³-hybridized carbons (Fsp3) is 0.0625. The molecule has 5 aromatic rings. The lowest BCUT2D eigenvalue weighted by Gasteiger charge is -2.05. The molecule has 0 atom stereocenters. The monoisotopic (exact) mass is 499 g/mol. The molecule has 6 nitrogen and oxygen atoms in total. The molecule has 0 spiro atoms. The molecule has 0 aliphatic carbocycles. The van der Waals surface area contributed by atoms with E-state index in [1.165, 1.54) is 0 Å². The molecule has 0 saturated carbocycles. The number of aromatic nitrogens is 2. The van der Waals surface area contributed by atoms with Crippen molar-refractivity contribution in [1.82, 2.24) is 15.1 Å². The fourth-order valence-electron chi connectivity index (χ4n) is 4.36. The Morgan fingerprint density at radius 3 is 2.29 bits per heavy atom. The van der Waals surface area contributed by atoms with Gasteiger partial charge in [-0.05, 0) is 47.0 Å². The lowest BCUT2D eigenvalue weighted by atomic mass is 10.0. The van der Waals surface area contributed by atoms with Crippen LogP contribution in [-0.4, -0.2) is 22.5 Å². The fourth-order valence-corrected chi connectivity index (χ4v) is 4.36. The summed E-state index contributed by atoms with van der Waals surface area (Å²) in [5, 5.41) is 7.80. The van der Waals surface area contributed by atoms with Gasteiger partial charge in [0.15, 0.2) is 11.5 Å². The zero-order chi connectivity index (χ0) is 25.7. The number of para-hydroxylation sites is 1. The summed E-state index contributed by atoms with van der Waals surface area (Å²) in [5.74, 6) is 1.23. The van der Waals surface area contributed by atoms with Gasteiger partial charge in [0.05, 0.1) is 11.4 Å². The van der Waals surface area contributed by atoms with E-state index in [4.69, 9.17) is 14.6 Å². The van der Waals surface area contributed by atoms with E-state index >= 15 is 0 Å². The summed E-state index contributed by atoms with van der Waals surface area (Å²) in [7, 11) is 0. The molecule has 2 heterocycles. The third-order valence-electron chi connectivity index (χ3n) is 6.35. The maximum atomic E-state index is 12.7. The second-order valence-corrected chi connectivity index (χ2v) is 8.90. The van der Waals surface area contributed by atoms with Crippen LogP contribution in [0.5, 0.6) is 11.5 Å². The molecule has 1 N–H and O–H groups in total. The first-order valence-corrected chi connectivity index (χ1v) is 12.4. The van der Waals surface area contributed by atoms with E-state index in [2.05, 4.69) is 41.7 Å². The number of hydrogen-bond donors (Lipinski definition) is 1. The number of nitrogens with zero attached hydrogens (tertiary/aromatic N) is 2. The maximum Gasteiger partial charge on any atom is 0.244 e. The van der Waals surface area contributed by atoms with Gasteiger partial charge < -0.3 is 14.8 Å². The minimum Gasteiger partial charge on any atom is -0.454 e. The van der Waals surface area contributed by atoms with Gasteiger partial charge in [-0.3, -0.25) is 4.79 Å². The highest BCUT2D eigenvalue weighted by Crippen LogP contribution is 2.32. The van der Waals surface area contributed by atoms with E-state index in [0.29, 0.717) is 12.3 Å². The Bertz CT molecular complexity index is 1590. The number of hydrogen-bond acceptors (Lipinski definition) is 4. The van der Waals surface area contributed by atoms with E-state index in [1.807, 2.05) is 83.7 Å². The Labute approximate surface area is 220 Å². The third-order valence-corrected chi connectivity index (χ3v) is 6.35. The lowest BCUT2D eigenvalue weighted by molar-refractivity contribution is -0.116. The Kier molecular flexibility index (Phi) is 6.43. The van der Waals surface area contributed by atoms with Crippen molar-refractivity contribution in [3.63, 3.8) is 0 Å². The summed E-state index contributed by atoms with van der Waals surface area (Å²) in [6.07, 6.45) is 5.29. The van der Waals surface area contributed by atoms with E-state index in [0.717, 1.165) is 44.9 Å². The Hall–Kier alpha value is -5.10. The van der Waals surface area contributed by atoms with E-state index in [1.54, 1.807) is 6.08 Å². The number of amides is 1. The van der Waals surface area contributed by atoms with Crippen LogP contribution >= 0.6 is 0 Å². The highest BCUT2D eigenvalue weighted by molar-refractivity contribution is 5.92. The maximum absolute atomic E-state index is 12.7. The van der Waals surface area contributed by atoms with E-state index in [-0.39, 0.29) is 12.7 Å². The molecular formula is C32H25N3O3. The standard InChI is InChI=1S/C32H25N3O3/c36-31(33-20-23-11-17-29-30(19-23)38-22-37-29)18-16-27-21-35(28-9-5-2-6-10-28)34-32(27)26-14-12-25(13-15-26)24-7-3-1-4-8-24/h1-19,21H,20,22H2,(H,33,36). The molecule has 0 saturated heterocycles. The van der Waals surface area contributed by atoms with Crippen molar-refractivity contribution in [2.24, 2.45) is 0 Å². The zero-order valence-electron chi connectivity index (χ0n) is 20.6. The summed E-state index contributed by atoms with van der Waals surface area (Å²) in [6, 6.07) is 34.2. The summed E-state index contributed by atoms with van der Waals surface area (Å²) in [4.78, 5) is 12.7. The molecule has 0 fully saturated rings. The van der Waals surface area contributed by atoms with Gasteiger partial charge in [0.1, 0.15) is 0 Å². The zero-order valence-corrected chi connectivity index (χ0v) is 20.6. The average Bonchev–Trinajstić information content (AvgIpc) is 3.63. The predicted octanol–water partition coefficient (Wildman–Crippen LogP) is 6.26. The SMILES string of the molecule is O=C(C=Cc1cn(-c2ccccc2)nc1-c1ccc(-c2ccccc2)cc1)NCc1ccc2c(c1)OCO2. The van der Waals surface area contributed by atoms with E-state index < -0.39 is 0 Å². The number of carbonyl (C=O) groups excluding carboxylic acids is 1. The minimum absolute atomic E-state index is 0.194. The van der Waals surface area contributed by atoms with Crippen molar-refractivity contribution < 1.29 is 14.3 Å². The molecule has 0 unspecified atom stereocenters. The van der Waals surface area contributed by atoms with Crippen LogP contribution < -0.4 is 14.8 Å². The van der Waals surface area contributed by atoms with Gasteiger partial charge in [-0.25, -0.2) is 4.68 Å². The van der Waals surface area contributed by atoms with Crippen LogP contribution in [0.3, 0.4) is 0 Å². The first kappa shape index (κ1) is 23.3. The largest absolute Gasteiger partial charge is 0.454 e. The summed E-state index contributed by atoms with van der Waals surface area (Å²) in [5.41, 5.74) is 6.80. The number of rotatable bonds is 7. The molecule has 1 aromatic heterocycles. The molecule has 1 aliphatic heterocycles. The number of ether oxygens (including phenoxy) is 2. The second kappa shape index (κ2) is 10.5. The Morgan fingerprint density at radius 2 is 1.50 bits per heavy atom. The smallest absolute Gasteiger partial charge is 0.244 e. The van der Waals surface area contributed by atoms with Crippen LogP contribution in [0.15, 0.2) is 115 Å². The van der Waals surface area contributed by atoms with Gasteiger partial charge in [-0.1, -0.05) is 78.9 Å². The highest BCUT2D eigenvalue weighted by Gasteiger charge is 2.14. The van der Waals surface area contributed by atoms with Crippen LogP contribution in [0.2, 0.25) is 0 Å². The quantitative estimate of drug-likeness (QED) is 0.268. The van der Waals surface area contributed by atoms with Crippen LogP contribution in [0.4, 0.5) is 0 Å². The first-order chi connectivity index (χ1) is 18.7. The first-order valence-electron chi connectivity index (χ1n) is 12.4. The molecule has 0 bridgehead atoms. The predicted molar refractivity (Wildman–Crippen MR) is 148 cm³/mol. The van der Waals surface area contributed by atoms with Crippen LogP contribution in [0.1, 0.15) is 11.1 Å². The van der Waals surface area contributed by atoms with Gasteiger partial charge in [-0.15, -0.1) is 0 Å². The Balaban J connectivity index is 1.23. The molecule has 6 heteroatoms. The van der Waals surface area contributed by atoms with Crippen molar-refractivity contribution in [2.45, 2.75) is 6.54 Å². The average molecular weight is 500 g/mol. The van der Waals surface area contributed by atoms with Gasteiger partial charge >= 0.3 is 0 Å². The van der Waals surface area contributed by atoms with Crippen LogP contribution in [0, 0.1) is 0 Å². The van der Waals surface area contributed by atoms with Crippen LogP contribution in [-0.2, 0) is 11.3 Å². The molecule has 0 radical (unpaired) electrons. The van der Waals surface area contributed by atoms with Crippen molar-refractivity contribution in [3.8, 4) is 39.6 Å². The minimum atomic E-state index is -0.194. The van der Waals surface area contributed by atoms with Crippen molar-refractivity contribution in [3.05, 3.63) is 127 Å². The van der Waals surface area contributed by atoms with Crippen molar-refractivity contribution in [2.75, 3.05) is 6.79 Å². The van der Waals surface area contributed by atoms with Gasteiger partial charge in [0.25, 0.3) is 0 Å². The van der Waals surface area contributed by atoms with Crippen molar-refractivity contribution >= 4 is 12.0 Å². The molecule has 38 heavy (non-hydrogen) atoms. The molecular weight excluding hydrogens is 474 g/mol. The summed E-state index contributed by atoms with van der Waals surface area (Å²) in [6.45, 7) is 0.610. The van der Waals surface area contributed by atoms with Gasteiger partial charge in [-0.2, -0.15) is 5.10 Å². The third kappa shape index (κ3) is 5.06. The lowest BCUT2D eigenvalue weighted by Crippen LogP contribution is -2.20. The molecule has 1 aliphatic rings. The van der Waals surface area contributed by atoms with Crippen LogP contribution in [0.25, 0.3) is 34.1 Å². The molecule has 4 aromatic carbocycles. The molecule has 186 valence electrons. The van der Waals surface area contributed by atoms with E-state index in [9.17, 15) is 4.79 Å². The number of benzene rings is 4. The Morgan fingerprint density at radius 1 is 0.816 bits per heavy atom. The molecule has 6 rings (SSSR count). The number of nitrogens with one attached hydrogen (secondary N) is 1. The second-order valence-electron chi connectivity index (χ2n) is 8.90. The number of fused-ring (bicyclic) bond motifs is 1.